The SMILES string of the molecule is O=C(CNC(=O)c1ccc2c(c1)OCO2)NCCSCc1ccsc1. The van der Waals surface area contributed by atoms with Gasteiger partial charge in [0.25, 0.3) is 5.91 Å². The van der Waals surface area contributed by atoms with E-state index in [1.165, 1.54) is 5.56 Å². The van der Waals surface area contributed by atoms with Crippen molar-refractivity contribution in [2.24, 2.45) is 0 Å². The summed E-state index contributed by atoms with van der Waals surface area (Å²) >= 11 is 3.45. The van der Waals surface area contributed by atoms with Crippen LogP contribution >= 0.6 is 23.1 Å². The van der Waals surface area contributed by atoms with Crippen molar-refractivity contribution in [1.82, 2.24) is 10.6 Å². The third-order valence-corrected chi connectivity index (χ3v) is 5.22. The van der Waals surface area contributed by atoms with Gasteiger partial charge < -0.3 is 20.1 Å². The Morgan fingerprint density at radius 3 is 2.88 bits per heavy atom. The van der Waals surface area contributed by atoms with Crippen LogP contribution in [0, 0.1) is 0 Å². The first-order valence-electron chi connectivity index (χ1n) is 7.76. The van der Waals surface area contributed by atoms with E-state index in [9.17, 15) is 9.59 Å². The molecule has 0 spiro atoms. The maximum atomic E-state index is 12.1. The number of rotatable bonds is 8. The summed E-state index contributed by atoms with van der Waals surface area (Å²) in [6.45, 7) is 0.684. The number of nitrogens with one attached hydrogen (secondary N) is 2. The molecule has 2 N–H and O–H groups in total. The first kappa shape index (κ1) is 17.6. The summed E-state index contributed by atoms with van der Waals surface area (Å²) < 4.78 is 10.4. The average molecular weight is 378 g/mol. The third-order valence-electron chi connectivity index (χ3n) is 3.46. The summed E-state index contributed by atoms with van der Waals surface area (Å²) in [5.74, 6) is 2.41. The van der Waals surface area contributed by atoms with Crippen molar-refractivity contribution in [3.8, 4) is 11.5 Å². The van der Waals surface area contributed by atoms with Gasteiger partial charge in [-0.3, -0.25) is 9.59 Å². The molecule has 25 heavy (non-hydrogen) atoms. The fraction of sp³-hybridized carbons (Fsp3) is 0.294. The number of thioether (sulfide) groups is 1. The number of ether oxygens (including phenoxy) is 2. The van der Waals surface area contributed by atoms with Gasteiger partial charge in [0.2, 0.25) is 12.7 Å². The molecule has 0 radical (unpaired) electrons. The Hall–Kier alpha value is -2.19. The molecular weight excluding hydrogens is 360 g/mol. The highest BCUT2D eigenvalue weighted by Crippen LogP contribution is 2.32. The van der Waals surface area contributed by atoms with Crippen LogP contribution < -0.4 is 20.1 Å². The predicted molar refractivity (Wildman–Crippen MR) is 98.4 cm³/mol. The van der Waals surface area contributed by atoms with Crippen LogP contribution in [-0.4, -0.2) is 37.4 Å². The maximum Gasteiger partial charge on any atom is 0.251 e. The number of amides is 2. The topological polar surface area (TPSA) is 76.7 Å². The minimum Gasteiger partial charge on any atom is -0.454 e. The first-order valence-corrected chi connectivity index (χ1v) is 9.85. The molecule has 2 aromatic rings. The lowest BCUT2D eigenvalue weighted by molar-refractivity contribution is -0.120. The lowest BCUT2D eigenvalue weighted by Crippen LogP contribution is -2.37. The Bertz CT molecular complexity index is 734. The monoisotopic (exact) mass is 378 g/mol. The van der Waals surface area contributed by atoms with Gasteiger partial charge in [-0.05, 0) is 40.6 Å². The third kappa shape index (κ3) is 5.14. The molecule has 0 saturated carbocycles. The zero-order valence-corrected chi connectivity index (χ0v) is 15.1. The zero-order valence-electron chi connectivity index (χ0n) is 13.4. The minimum absolute atomic E-state index is 0.0531. The Morgan fingerprint density at radius 1 is 1.16 bits per heavy atom. The lowest BCUT2D eigenvalue weighted by atomic mass is 10.2. The normalized spacial score (nSPS) is 12.0. The van der Waals surface area contributed by atoms with Gasteiger partial charge in [-0.15, -0.1) is 0 Å². The first-order chi connectivity index (χ1) is 12.2. The van der Waals surface area contributed by atoms with Gasteiger partial charge in [-0.2, -0.15) is 23.1 Å². The van der Waals surface area contributed by atoms with Gasteiger partial charge >= 0.3 is 0 Å². The van der Waals surface area contributed by atoms with Crippen LogP contribution in [0.5, 0.6) is 11.5 Å². The zero-order chi connectivity index (χ0) is 17.5. The molecule has 0 unspecified atom stereocenters. The van der Waals surface area contributed by atoms with Crippen LogP contribution in [0.25, 0.3) is 0 Å². The molecule has 0 atom stereocenters. The highest BCUT2D eigenvalue weighted by molar-refractivity contribution is 7.98. The van der Waals surface area contributed by atoms with Crippen LogP contribution in [0.4, 0.5) is 0 Å². The second-order valence-corrected chi connectivity index (χ2v) is 7.17. The van der Waals surface area contributed by atoms with Crippen molar-refractivity contribution in [1.29, 1.82) is 0 Å². The van der Waals surface area contributed by atoms with E-state index < -0.39 is 0 Å². The molecule has 3 rings (SSSR count). The van der Waals surface area contributed by atoms with Crippen molar-refractivity contribution in [2.75, 3.05) is 25.6 Å². The number of fused-ring (bicyclic) bond motifs is 1. The molecule has 8 heteroatoms. The van der Waals surface area contributed by atoms with Crippen molar-refractivity contribution < 1.29 is 19.1 Å². The van der Waals surface area contributed by atoms with Crippen LogP contribution in [0.3, 0.4) is 0 Å². The largest absolute Gasteiger partial charge is 0.454 e. The van der Waals surface area contributed by atoms with Gasteiger partial charge in [-0.1, -0.05) is 0 Å². The van der Waals surface area contributed by atoms with Crippen molar-refractivity contribution in [3.05, 3.63) is 46.2 Å². The molecule has 1 aromatic heterocycles. The number of hydrogen-bond acceptors (Lipinski definition) is 6. The molecule has 1 aromatic carbocycles. The van der Waals surface area contributed by atoms with E-state index in [1.807, 2.05) is 0 Å². The van der Waals surface area contributed by atoms with Gasteiger partial charge in [0, 0.05) is 23.6 Å². The molecule has 1 aliphatic heterocycles. The smallest absolute Gasteiger partial charge is 0.251 e. The fourth-order valence-corrected chi connectivity index (χ4v) is 3.77. The summed E-state index contributed by atoms with van der Waals surface area (Å²) in [6, 6.07) is 7.03. The Morgan fingerprint density at radius 2 is 2.04 bits per heavy atom. The quantitative estimate of drug-likeness (QED) is 0.689. The second kappa shape index (κ2) is 8.77. The summed E-state index contributed by atoms with van der Waals surface area (Å²) in [6.07, 6.45) is 0. The van der Waals surface area contributed by atoms with Crippen LogP contribution in [-0.2, 0) is 10.5 Å². The Kier molecular flexibility index (Phi) is 6.19. The molecule has 2 heterocycles. The van der Waals surface area contributed by atoms with Crippen molar-refractivity contribution in [2.45, 2.75) is 5.75 Å². The van der Waals surface area contributed by atoms with Crippen LogP contribution in [0.1, 0.15) is 15.9 Å². The summed E-state index contributed by atoms with van der Waals surface area (Å²) in [7, 11) is 0. The summed E-state index contributed by atoms with van der Waals surface area (Å²) in [4.78, 5) is 23.8. The molecule has 0 fully saturated rings. The molecule has 6 nitrogen and oxygen atoms in total. The highest BCUT2D eigenvalue weighted by Gasteiger charge is 2.16. The van der Waals surface area contributed by atoms with E-state index in [1.54, 1.807) is 41.3 Å². The maximum absolute atomic E-state index is 12.1. The molecule has 1 aliphatic rings. The summed E-state index contributed by atoms with van der Waals surface area (Å²) in [5.41, 5.74) is 1.74. The predicted octanol–water partition coefficient (Wildman–Crippen LogP) is 2.26. The standard InChI is InChI=1S/C17H18N2O4S2/c20-16(18-4-6-25-10-12-3-5-24-9-12)8-19-17(21)13-1-2-14-15(7-13)23-11-22-14/h1-3,5,7,9H,4,6,8,10-11H2,(H,18,20)(H,19,21). The Balaban J connectivity index is 1.32. The van der Waals surface area contributed by atoms with Crippen LogP contribution in [0.2, 0.25) is 0 Å². The molecular formula is C17H18N2O4S2. The molecule has 0 aliphatic carbocycles. The molecule has 132 valence electrons. The van der Waals surface area contributed by atoms with Crippen molar-refractivity contribution in [3.63, 3.8) is 0 Å². The minimum atomic E-state index is -0.319. The number of benzene rings is 1. The second-order valence-electron chi connectivity index (χ2n) is 5.28. The van der Waals surface area contributed by atoms with E-state index >= 15 is 0 Å². The van der Waals surface area contributed by atoms with Gasteiger partial charge in [-0.25, -0.2) is 0 Å². The number of carbonyl (C=O) groups excluding carboxylic acids is 2. The number of hydrogen-bond donors (Lipinski definition) is 2. The van der Waals surface area contributed by atoms with Crippen LogP contribution in [0.15, 0.2) is 35.0 Å². The van der Waals surface area contributed by atoms with E-state index in [4.69, 9.17) is 9.47 Å². The van der Waals surface area contributed by atoms with E-state index in [0.717, 1.165) is 11.5 Å². The Labute approximate surface area is 153 Å². The fourth-order valence-electron chi connectivity index (χ4n) is 2.19. The van der Waals surface area contributed by atoms with Gasteiger partial charge in [0.15, 0.2) is 11.5 Å². The molecule has 2 amide bonds. The number of thiophene rings is 1. The van der Waals surface area contributed by atoms with E-state index in [-0.39, 0.29) is 25.2 Å². The van der Waals surface area contributed by atoms with Gasteiger partial charge in [0.05, 0.1) is 6.54 Å². The molecule has 0 saturated heterocycles. The van der Waals surface area contributed by atoms with Gasteiger partial charge in [0.1, 0.15) is 0 Å². The van der Waals surface area contributed by atoms with E-state index in [0.29, 0.717) is 23.6 Å². The molecule has 0 bridgehead atoms. The average Bonchev–Trinajstić information content (AvgIpc) is 3.30. The highest BCUT2D eigenvalue weighted by atomic mass is 32.2. The number of carbonyl (C=O) groups is 2. The summed E-state index contributed by atoms with van der Waals surface area (Å²) in [5, 5.41) is 9.57. The van der Waals surface area contributed by atoms with Crippen molar-refractivity contribution >= 4 is 34.9 Å². The lowest BCUT2D eigenvalue weighted by Gasteiger charge is -2.07. The van der Waals surface area contributed by atoms with E-state index in [2.05, 4.69) is 27.5 Å².